The molecule has 2 rings (SSSR count). The third-order valence-corrected chi connectivity index (χ3v) is 2.91. The van der Waals surface area contributed by atoms with Gasteiger partial charge in [-0.25, -0.2) is 0 Å². The van der Waals surface area contributed by atoms with Crippen LogP contribution in [0.2, 0.25) is 0 Å². The Morgan fingerprint density at radius 1 is 1.21 bits per heavy atom. The van der Waals surface area contributed by atoms with Crippen LogP contribution in [0, 0.1) is 5.41 Å². The van der Waals surface area contributed by atoms with E-state index in [0.717, 1.165) is 17.8 Å². The van der Waals surface area contributed by atoms with Crippen LogP contribution in [0.15, 0.2) is 34.9 Å². The number of aromatic nitrogens is 2. The minimum Gasteiger partial charge on any atom is -0.339 e. The Labute approximate surface area is 114 Å². The van der Waals surface area contributed by atoms with Gasteiger partial charge in [-0.2, -0.15) is 4.98 Å². The number of rotatable bonds is 4. The summed E-state index contributed by atoms with van der Waals surface area (Å²) in [6, 6.07) is 10.0. The zero-order valence-electron chi connectivity index (χ0n) is 11.8. The van der Waals surface area contributed by atoms with Crippen molar-refractivity contribution in [3.05, 3.63) is 47.6 Å². The summed E-state index contributed by atoms with van der Waals surface area (Å²) < 4.78 is 5.38. The van der Waals surface area contributed by atoms with Gasteiger partial charge in [0.2, 0.25) is 5.89 Å². The van der Waals surface area contributed by atoms with E-state index >= 15 is 0 Å². The van der Waals surface area contributed by atoms with Crippen LogP contribution in [-0.4, -0.2) is 16.7 Å². The minimum atomic E-state index is -0.0255. The zero-order chi connectivity index (χ0) is 13.9. The molecule has 0 aliphatic heterocycles. The number of hydrogen-bond donors (Lipinski definition) is 1. The second kappa shape index (κ2) is 5.53. The van der Waals surface area contributed by atoms with Gasteiger partial charge >= 0.3 is 0 Å². The number of nitrogens with two attached hydrogens (primary N) is 1. The highest BCUT2D eigenvalue weighted by Crippen LogP contribution is 2.24. The largest absolute Gasteiger partial charge is 0.339 e. The average molecular weight is 259 g/mol. The molecule has 0 fully saturated rings. The van der Waals surface area contributed by atoms with Crippen LogP contribution in [0.1, 0.15) is 44.0 Å². The molecular formula is C15H21N3O. The van der Waals surface area contributed by atoms with Crippen molar-refractivity contribution in [2.24, 2.45) is 11.1 Å². The lowest BCUT2D eigenvalue weighted by Gasteiger charge is -2.14. The molecule has 19 heavy (non-hydrogen) atoms. The second-order valence-corrected chi connectivity index (χ2v) is 5.99. The van der Waals surface area contributed by atoms with Gasteiger partial charge in [0.05, 0.1) is 5.92 Å². The predicted octanol–water partition coefficient (Wildman–Crippen LogP) is 2.75. The summed E-state index contributed by atoms with van der Waals surface area (Å²) in [4.78, 5) is 4.49. The molecule has 0 radical (unpaired) electrons. The molecule has 0 amide bonds. The first-order chi connectivity index (χ1) is 8.99. The van der Waals surface area contributed by atoms with Gasteiger partial charge in [0, 0.05) is 13.0 Å². The fraction of sp³-hybridized carbons (Fsp3) is 0.467. The average Bonchev–Trinajstić information content (AvgIpc) is 2.77. The molecule has 2 aromatic rings. The van der Waals surface area contributed by atoms with Gasteiger partial charge in [0.15, 0.2) is 5.82 Å². The van der Waals surface area contributed by atoms with Crippen LogP contribution in [-0.2, 0) is 6.42 Å². The smallest absolute Gasteiger partial charge is 0.235 e. The summed E-state index contributed by atoms with van der Waals surface area (Å²) in [5.41, 5.74) is 7.10. The number of hydrogen-bond acceptors (Lipinski definition) is 4. The maximum Gasteiger partial charge on any atom is 0.235 e. The van der Waals surface area contributed by atoms with Crippen molar-refractivity contribution in [3.8, 4) is 0 Å². The highest BCUT2D eigenvalue weighted by Gasteiger charge is 2.21. The Morgan fingerprint density at radius 2 is 1.89 bits per heavy atom. The molecule has 1 aromatic heterocycles. The third-order valence-electron chi connectivity index (χ3n) is 2.91. The summed E-state index contributed by atoms with van der Waals surface area (Å²) in [6.07, 6.45) is 0.794. The molecular weight excluding hydrogens is 238 g/mol. The molecule has 0 saturated carbocycles. The SMILES string of the molecule is CC(C)(C)Cc1noc(C(CN)c2ccccc2)n1. The van der Waals surface area contributed by atoms with E-state index in [0.29, 0.717) is 12.4 Å². The summed E-state index contributed by atoms with van der Waals surface area (Å²) in [5.74, 6) is 1.33. The Kier molecular flexibility index (Phi) is 4.00. The number of nitrogens with zero attached hydrogens (tertiary/aromatic N) is 2. The van der Waals surface area contributed by atoms with Crippen LogP contribution in [0.25, 0.3) is 0 Å². The molecule has 0 spiro atoms. The first-order valence-corrected chi connectivity index (χ1v) is 6.57. The molecule has 0 aliphatic carbocycles. The van der Waals surface area contributed by atoms with Crippen molar-refractivity contribution in [2.45, 2.75) is 33.1 Å². The van der Waals surface area contributed by atoms with Gasteiger partial charge in [-0.1, -0.05) is 56.3 Å². The first kappa shape index (κ1) is 13.7. The Hall–Kier alpha value is -1.68. The van der Waals surface area contributed by atoms with Crippen LogP contribution in [0.3, 0.4) is 0 Å². The predicted molar refractivity (Wildman–Crippen MR) is 74.8 cm³/mol. The van der Waals surface area contributed by atoms with Crippen molar-refractivity contribution in [1.82, 2.24) is 10.1 Å². The highest BCUT2D eigenvalue weighted by molar-refractivity contribution is 5.24. The van der Waals surface area contributed by atoms with Gasteiger partial charge in [-0.15, -0.1) is 0 Å². The quantitative estimate of drug-likeness (QED) is 0.917. The monoisotopic (exact) mass is 259 g/mol. The number of benzene rings is 1. The Bertz CT molecular complexity index is 514. The van der Waals surface area contributed by atoms with E-state index in [-0.39, 0.29) is 11.3 Å². The maximum atomic E-state index is 5.85. The van der Waals surface area contributed by atoms with Crippen LogP contribution >= 0.6 is 0 Å². The fourth-order valence-electron chi connectivity index (χ4n) is 2.02. The van der Waals surface area contributed by atoms with Crippen molar-refractivity contribution in [3.63, 3.8) is 0 Å². The van der Waals surface area contributed by atoms with Gasteiger partial charge in [-0.05, 0) is 11.0 Å². The standard InChI is InChI=1S/C15H21N3O/c1-15(2,3)9-13-17-14(19-18-13)12(10-16)11-7-5-4-6-8-11/h4-8,12H,9-10,16H2,1-3H3. The van der Waals surface area contributed by atoms with E-state index in [1.807, 2.05) is 30.3 Å². The van der Waals surface area contributed by atoms with E-state index in [4.69, 9.17) is 10.3 Å². The lowest BCUT2D eigenvalue weighted by Crippen LogP contribution is -2.15. The second-order valence-electron chi connectivity index (χ2n) is 5.99. The van der Waals surface area contributed by atoms with Crippen molar-refractivity contribution in [2.75, 3.05) is 6.54 Å². The van der Waals surface area contributed by atoms with E-state index in [2.05, 4.69) is 30.9 Å². The molecule has 4 nitrogen and oxygen atoms in total. The third kappa shape index (κ3) is 3.64. The molecule has 0 bridgehead atoms. The molecule has 0 saturated heterocycles. The fourth-order valence-corrected chi connectivity index (χ4v) is 2.02. The molecule has 1 aromatic carbocycles. The molecule has 1 unspecified atom stereocenters. The van der Waals surface area contributed by atoms with Crippen molar-refractivity contribution in [1.29, 1.82) is 0 Å². The highest BCUT2D eigenvalue weighted by atomic mass is 16.5. The molecule has 1 heterocycles. The lowest BCUT2D eigenvalue weighted by molar-refractivity contribution is 0.347. The Morgan fingerprint density at radius 3 is 2.47 bits per heavy atom. The molecule has 1 atom stereocenters. The van der Waals surface area contributed by atoms with E-state index < -0.39 is 0 Å². The molecule has 0 aliphatic rings. The van der Waals surface area contributed by atoms with E-state index in [1.54, 1.807) is 0 Å². The van der Waals surface area contributed by atoms with E-state index in [1.165, 1.54) is 0 Å². The van der Waals surface area contributed by atoms with Crippen LogP contribution in [0.5, 0.6) is 0 Å². The van der Waals surface area contributed by atoms with Gasteiger partial charge in [0.1, 0.15) is 0 Å². The molecule has 102 valence electrons. The topological polar surface area (TPSA) is 64.9 Å². The molecule has 2 N–H and O–H groups in total. The summed E-state index contributed by atoms with van der Waals surface area (Å²) in [6.45, 7) is 6.92. The van der Waals surface area contributed by atoms with Gasteiger partial charge in [-0.3, -0.25) is 0 Å². The first-order valence-electron chi connectivity index (χ1n) is 6.57. The summed E-state index contributed by atoms with van der Waals surface area (Å²) in [7, 11) is 0. The summed E-state index contributed by atoms with van der Waals surface area (Å²) >= 11 is 0. The minimum absolute atomic E-state index is 0.0255. The normalized spacial score (nSPS) is 13.5. The lowest BCUT2D eigenvalue weighted by atomic mass is 9.92. The summed E-state index contributed by atoms with van der Waals surface area (Å²) in [5, 5.41) is 4.05. The zero-order valence-corrected chi connectivity index (χ0v) is 11.8. The maximum absolute atomic E-state index is 5.85. The van der Waals surface area contributed by atoms with Crippen molar-refractivity contribution >= 4 is 0 Å². The van der Waals surface area contributed by atoms with Gasteiger partial charge < -0.3 is 10.3 Å². The van der Waals surface area contributed by atoms with Crippen LogP contribution in [0.4, 0.5) is 0 Å². The van der Waals surface area contributed by atoms with Crippen LogP contribution < -0.4 is 5.73 Å². The van der Waals surface area contributed by atoms with Crippen molar-refractivity contribution < 1.29 is 4.52 Å². The van der Waals surface area contributed by atoms with Gasteiger partial charge in [0.25, 0.3) is 0 Å². The van der Waals surface area contributed by atoms with E-state index in [9.17, 15) is 0 Å². The Balaban J connectivity index is 2.21. The molecule has 4 heteroatoms.